The Morgan fingerprint density at radius 3 is 2.30 bits per heavy atom. The number of aryl methyl sites for hydroxylation is 1. The van der Waals surface area contributed by atoms with Gasteiger partial charge >= 0.3 is 0 Å². The van der Waals surface area contributed by atoms with Crippen LogP contribution in [0.1, 0.15) is 36.0 Å². The molecule has 158 valence electrons. The largest absolute Gasteiger partial charge is 0.508 e. The summed E-state index contributed by atoms with van der Waals surface area (Å²) in [6, 6.07) is 16.5. The first-order valence-corrected chi connectivity index (χ1v) is 10.4. The summed E-state index contributed by atoms with van der Waals surface area (Å²) < 4.78 is 2.08. The third-order valence-corrected chi connectivity index (χ3v) is 6.91. The molecule has 5 rings (SSSR count). The van der Waals surface area contributed by atoms with Crippen LogP contribution < -0.4 is 5.32 Å². The Kier molecular flexibility index (Phi) is 5.51. The highest BCUT2D eigenvalue weighted by Crippen LogP contribution is 2.36. The van der Waals surface area contributed by atoms with Gasteiger partial charge in [0, 0.05) is 36.1 Å². The van der Waals surface area contributed by atoms with Gasteiger partial charge in [-0.25, -0.2) is 0 Å². The molecule has 3 aromatic rings. The number of carbonyl (C=O) groups excluding carboxylic acids is 1. The number of hydrogen-bond acceptors (Lipinski definition) is 3. The van der Waals surface area contributed by atoms with E-state index in [0.29, 0.717) is 12.1 Å². The van der Waals surface area contributed by atoms with Crippen LogP contribution in [0.5, 0.6) is 5.75 Å². The molecule has 2 aromatic carbocycles. The monoisotopic (exact) mass is 425 g/mol. The Balaban J connectivity index is 0.00000218. The molecule has 0 radical (unpaired) electrons. The number of aromatic hydroxyl groups is 1. The molecule has 2 bridgehead atoms. The highest BCUT2D eigenvalue weighted by molar-refractivity contribution is 6.12. The van der Waals surface area contributed by atoms with Crippen molar-refractivity contribution in [3.05, 3.63) is 54.1 Å². The number of carbonyl (C=O) groups is 1. The zero-order valence-corrected chi connectivity index (χ0v) is 18.2. The molecule has 1 aromatic heterocycles. The minimum absolute atomic E-state index is 0. The van der Waals surface area contributed by atoms with Crippen molar-refractivity contribution in [2.24, 2.45) is 7.05 Å². The third-order valence-electron chi connectivity index (χ3n) is 6.91. The zero-order valence-electron chi connectivity index (χ0n) is 17.3. The highest BCUT2D eigenvalue weighted by Gasteiger charge is 2.39. The van der Waals surface area contributed by atoms with Crippen LogP contribution in [0.4, 0.5) is 0 Å². The lowest BCUT2D eigenvalue weighted by molar-refractivity contribution is 0.0884. The summed E-state index contributed by atoms with van der Waals surface area (Å²) in [6.45, 7) is 0. The van der Waals surface area contributed by atoms with Gasteiger partial charge in [0.15, 0.2) is 0 Å². The van der Waals surface area contributed by atoms with Gasteiger partial charge < -0.3 is 19.9 Å². The quantitative estimate of drug-likeness (QED) is 0.656. The second kappa shape index (κ2) is 7.97. The van der Waals surface area contributed by atoms with Gasteiger partial charge in [0.25, 0.3) is 5.91 Å². The Bertz CT molecular complexity index is 1060. The number of nitrogens with one attached hydrogen (secondary N) is 1. The van der Waals surface area contributed by atoms with E-state index in [1.807, 2.05) is 43.4 Å². The number of aromatic nitrogens is 1. The SMILES string of the molecule is CN1[C@@H]2CC[C@H]1CC(NC(=O)c1c(-c3ccc(O)cc3)n(C)c3ccccc13)C2.Cl. The summed E-state index contributed by atoms with van der Waals surface area (Å²) in [4.78, 5) is 16.0. The van der Waals surface area contributed by atoms with Gasteiger partial charge in [-0.05, 0) is 68.6 Å². The maximum atomic E-state index is 13.5. The fourth-order valence-corrected chi connectivity index (χ4v) is 5.37. The Morgan fingerprint density at radius 1 is 1.00 bits per heavy atom. The van der Waals surface area contributed by atoms with Crippen molar-refractivity contribution in [1.82, 2.24) is 14.8 Å². The molecule has 2 aliphatic heterocycles. The molecular formula is C24H28ClN3O2. The fourth-order valence-electron chi connectivity index (χ4n) is 5.37. The van der Waals surface area contributed by atoms with Crippen molar-refractivity contribution in [2.45, 2.75) is 43.8 Å². The van der Waals surface area contributed by atoms with Gasteiger partial charge in [-0.3, -0.25) is 4.79 Å². The predicted molar refractivity (Wildman–Crippen MR) is 122 cm³/mol. The first-order chi connectivity index (χ1) is 14.0. The molecule has 6 heteroatoms. The van der Waals surface area contributed by atoms with Gasteiger partial charge in [-0.2, -0.15) is 0 Å². The maximum absolute atomic E-state index is 13.5. The van der Waals surface area contributed by atoms with E-state index in [4.69, 9.17) is 0 Å². The number of phenols is 1. The van der Waals surface area contributed by atoms with Crippen LogP contribution in [0.15, 0.2) is 48.5 Å². The molecule has 0 aliphatic carbocycles. The van der Waals surface area contributed by atoms with E-state index in [2.05, 4.69) is 21.8 Å². The van der Waals surface area contributed by atoms with E-state index in [-0.39, 0.29) is 30.1 Å². The number of rotatable bonds is 3. The number of amides is 1. The van der Waals surface area contributed by atoms with Crippen molar-refractivity contribution in [3.63, 3.8) is 0 Å². The minimum Gasteiger partial charge on any atom is -0.508 e. The van der Waals surface area contributed by atoms with Crippen molar-refractivity contribution in [1.29, 1.82) is 0 Å². The molecule has 2 fully saturated rings. The van der Waals surface area contributed by atoms with Gasteiger partial charge in [0.1, 0.15) is 5.75 Å². The van der Waals surface area contributed by atoms with Gasteiger partial charge in [-0.15, -0.1) is 12.4 Å². The van der Waals surface area contributed by atoms with E-state index in [1.165, 1.54) is 12.8 Å². The third kappa shape index (κ3) is 3.36. The summed E-state index contributed by atoms with van der Waals surface area (Å²) in [7, 11) is 4.21. The number of piperidine rings is 1. The van der Waals surface area contributed by atoms with E-state index < -0.39 is 0 Å². The second-order valence-corrected chi connectivity index (χ2v) is 8.54. The molecule has 2 aliphatic rings. The van der Waals surface area contributed by atoms with Crippen molar-refractivity contribution in [3.8, 4) is 17.0 Å². The van der Waals surface area contributed by atoms with Crippen LogP contribution in [0, 0.1) is 0 Å². The van der Waals surface area contributed by atoms with Crippen LogP contribution in [-0.2, 0) is 7.05 Å². The van der Waals surface area contributed by atoms with Crippen LogP contribution in [0.2, 0.25) is 0 Å². The van der Waals surface area contributed by atoms with Crippen LogP contribution in [-0.4, -0.2) is 45.7 Å². The molecule has 3 atom stereocenters. The average molecular weight is 426 g/mol. The van der Waals surface area contributed by atoms with Gasteiger partial charge in [-0.1, -0.05) is 18.2 Å². The molecule has 1 unspecified atom stereocenters. The van der Waals surface area contributed by atoms with Crippen molar-refractivity contribution in [2.75, 3.05) is 7.05 Å². The van der Waals surface area contributed by atoms with E-state index in [0.717, 1.165) is 40.6 Å². The zero-order chi connectivity index (χ0) is 20.1. The number of phenolic OH excluding ortho intramolecular Hbond substituents is 1. The summed E-state index contributed by atoms with van der Waals surface area (Å²) in [6.07, 6.45) is 4.53. The maximum Gasteiger partial charge on any atom is 0.254 e. The predicted octanol–water partition coefficient (Wildman–Crippen LogP) is 4.33. The minimum atomic E-state index is -0.00109. The Morgan fingerprint density at radius 2 is 1.63 bits per heavy atom. The smallest absolute Gasteiger partial charge is 0.254 e. The molecule has 2 saturated heterocycles. The van der Waals surface area contributed by atoms with E-state index in [1.54, 1.807) is 12.1 Å². The summed E-state index contributed by atoms with van der Waals surface area (Å²) in [5.74, 6) is 0.221. The molecule has 2 N–H and O–H groups in total. The molecular weight excluding hydrogens is 398 g/mol. The first kappa shape index (κ1) is 20.8. The van der Waals surface area contributed by atoms with Gasteiger partial charge in [0.2, 0.25) is 0 Å². The van der Waals surface area contributed by atoms with Crippen molar-refractivity contribution >= 4 is 29.2 Å². The number of benzene rings is 2. The van der Waals surface area contributed by atoms with Crippen LogP contribution in [0.25, 0.3) is 22.2 Å². The number of hydrogen-bond donors (Lipinski definition) is 2. The lowest BCUT2D eigenvalue weighted by Gasteiger charge is -2.36. The lowest BCUT2D eigenvalue weighted by atomic mass is 9.97. The Labute approximate surface area is 183 Å². The second-order valence-electron chi connectivity index (χ2n) is 8.54. The summed E-state index contributed by atoms with van der Waals surface area (Å²) >= 11 is 0. The first-order valence-electron chi connectivity index (χ1n) is 10.4. The number of nitrogens with zero attached hydrogens (tertiary/aromatic N) is 2. The number of fused-ring (bicyclic) bond motifs is 3. The van der Waals surface area contributed by atoms with E-state index >= 15 is 0 Å². The highest BCUT2D eigenvalue weighted by atomic mass is 35.5. The average Bonchev–Trinajstić information content (AvgIpc) is 3.11. The Hall–Kier alpha value is -2.50. The number of para-hydroxylation sites is 1. The summed E-state index contributed by atoms with van der Waals surface area (Å²) in [5.41, 5.74) is 3.57. The lowest BCUT2D eigenvalue weighted by Crippen LogP contribution is -2.48. The molecule has 1 amide bonds. The standard InChI is InChI=1S/C24H27N3O2.ClH/c1-26-17-9-10-18(26)14-16(13-17)25-24(29)22-20-5-3-4-6-21(20)27(2)23(22)15-7-11-19(28)12-8-15;/h3-8,11-12,16-18,28H,9-10,13-14H2,1-2H3,(H,25,29);1H/t16?,17-,18+;. The molecule has 5 nitrogen and oxygen atoms in total. The normalized spacial score (nSPS) is 23.3. The van der Waals surface area contributed by atoms with E-state index in [9.17, 15) is 9.90 Å². The van der Waals surface area contributed by atoms with Crippen molar-refractivity contribution < 1.29 is 9.90 Å². The van der Waals surface area contributed by atoms with Gasteiger partial charge in [0.05, 0.1) is 11.3 Å². The number of halogens is 1. The fraction of sp³-hybridized carbons (Fsp3) is 0.375. The molecule has 3 heterocycles. The molecule has 0 spiro atoms. The molecule has 0 saturated carbocycles. The topological polar surface area (TPSA) is 57.5 Å². The summed E-state index contributed by atoms with van der Waals surface area (Å²) in [5, 5.41) is 14.0. The molecule has 30 heavy (non-hydrogen) atoms. The van der Waals surface area contributed by atoms with Crippen LogP contribution >= 0.6 is 12.4 Å². The van der Waals surface area contributed by atoms with Crippen LogP contribution in [0.3, 0.4) is 0 Å².